The Morgan fingerprint density at radius 1 is 1.43 bits per heavy atom. The lowest BCUT2D eigenvalue weighted by Gasteiger charge is -2.16. The number of rotatable bonds is 5. The monoisotopic (exact) mass is 309 g/mol. The van der Waals surface area contributed by atoms with E-state index in [1.807, 2.05) is 0 Å². The molecule has 0 aliphatic carbocycles. The molecule has 1 aromatic carbocycles. The third-order valence-electron chi connectivity index (χ3n) is 3.34. The molecule has 1 aromatic rings. The normalized spacial score (nSPS) is 18.7. The third-order valence-corrected chi connectivity index (χ3v) is 4.78. The number of benzene rings is 1. The second-order valence-electron chi connectivity index (χ2n) is 4.96. The number of sulfonamides is 1. The summed E-state index contributed by atoms with van der Waals surface area (Å²) >= 11 is 0. The van der Waals surface area contributed by atoms with E-state index in [1.165, 1.54) is 30.3 Å². The Kier molecular flexibility index (Phi) is 4.76. The van der Waals surface area contributed by atoms with Crippen LogP contribution >= 0.6 is 0 Å². The minimum Gasteiger partial charge on any atom is -0.337 e. The van der Waals surface area contributed by atoms with Gasteiger partial charge in [0.05, 0.1) is 4.90 Å². The molecule has 6 nitrogen and oxygen atoms in total. The molecule has 0 aromatic heterocycles. The molecule has 1 atom stereocenters. The van der Waals surface area contributed by atoms with Crippen LogP contribution in [0.15, 0.2) is 41.8 Å². The van der Waals surface area contributed by atoms with Crippen molar-refractivity contribution in [3.63, 3.8) is 0 Å². The van der Waals surface area contributed by atoms with Crippen molar-refractivity contribution < 1.29 is 13.2 Å². The van der Waals surface area contributed by atoms with Crippen LogP contribution in [0.2, 0.25) is 0 Å². The van der Waals surface area contributed by atoms with Crippen LogP contribution in [0.3, 0.4) is 0 Å². The van der Waals surface area contributed by atoms with Gasteiger partial charge in [-0.2, -0.15) is 0 Å². The topological polar surface area (TPSA) is 92.5 Å². The summed E-state index contributed by atoms with van der Waals surface area (Å²) in [6, 6.07) is 5.92. The van der Waals surface area contributed by atoms with Crippen LogP contribution in [0, 0.1) is 0 Å². The number of nitrogens with two attached hydrogens (primary N) is 1. The molecule has 21 heavy (non-hydrogen) atoms. The van der Waals surface area contributed by atoms with E-state index in [0.29, 0.717) is 18.7 Å². The summed E-state index contributed by atoms with van der Waals surface area (Å²) in [5.74, 6) is -0.119. The van der Waals surface area contributed by atoms with Crippen LogP contribution < -0.4 is 10.5 Å². The number of amides is 1. The van der Waals surface area contributed by atoms with E-state index < -0.39 is 10.0 Å². The molecule has 1 amide bonds. The van der Waals surface area contributed by atoms with E-state index >= 15 is 0 Å². The lowest BCUT2D eigenvalue weighted by Crippen LogP contribution is -2.31. The average molecular weight is 309 g/mol. The SMILES string of the molecule is C=CCNS(=O)(=O)c1ccc(C(=O)N2CC[C@@H](N)C2)cc1. The van der Waals surface area contributed by atoms with E-state index in [0.717, 1.165) is 6.42 Å². The number of carbonyl (C=O) groups excluding carboxylic acids is 1. The molecule has 2 rings (SSSR count). The van der Waals surface area contributed by atoms with Crippen LogP contribution in [0.25, 0.3) is 0 Å². The Bertz CT molecular complexity index is 625. The summed E-state index contributed by atoms with van der Waals surface area (Å²) in [4.78, 5) is 14.0. The van der Waals surface area contributed by atoms with Crippen LogP contribution in [0.5, 0.6) is 0 Å². The lowest BCUT2D eigenvalue weighted by molar-refractivity contribution is 0.0791. The first-order chi connectivity index (χ1) is 9.94. The highest BCUT2D eigenvalue weighted by Crippen LogP contribution is 2.15. The van der Waals surface area contributed by atoms with Gasteiger partial charge in [-0.3, -0.25) is 4.79 Å². The zero-order valence-corrected chi connectivity index (χ0v) is 12.5. The van der Waals surface area contributed by atoms with Crippen LogP contribution in [-0.2, 0) is 10.0 Å². The van der Waals surface area contributed by atoms with E-state index in [1.54, 1.807) is 4.90 Å². The molecule has 1 aliphatic rings. The molecule has 1 fully saturated rings. The van der Waals surface area contributed by atoms with Crippen molar-refractivity contribution in [3.8, 4) is 0 Å². The van der Waals surface area contributed by atoms with Gasteiger partial charge < -0.3 is 10.6 Å². The summed E-state index contributed by atoms with van der Waals surface area (Å²) in [5.41, 5.74) is 6.24. The fourth-order valence-electron chi connectivity index (χ4n) is 2.18. The van der Waals surface area contributed by atoms with E-state index in [4.69, 9.17) is 5.73 Å². The van der Waals surface area contributed by atoms with Gasteiger partial charge in [0.25, 0.3) is 5.91 Å². The molecule has 7 heteroatoms. The zero-order valence-electron chi connectivity index (χ0n) is 11.7. The third kappa shape index (κ3) is 3.69. The van der Waals surface area contributed by atoms with Crippen LogP contribution in [0.1, 0.15) is 16.8 Å². The standard InChI is InChI=1S/C14H19N3O3S/c1-2-8-16-21(19,20)13-5-3-11(4-6-13)14(18)17-9-7-12(15)10-17/h2-6,12,16H,1,7-10,15H2/t12-/m1/s1. The number of nitrogens with zero attached hydrogens (tertiary/aromatic N) is 1. The van der Waals surface area contributed by atoms with Gasteiger partial charge in [-0.1, -0.05) is 6.08 Å². The largest absolute Gasteiger partial charge is 0.337 e. The Morgan fingerprint density at radius 2 is 2.10 bits per heavy atom. The van der Waals surface area contributed by atoms with Gasteiger partial charge in [-0.25, -0.2) is 13.1 Å². The summed E-state index contributed by atoms with van der Waals surface area (Å²) in [7, 11) is -3.56. The highest BCUT2D eigenvalue weighted by Gasteiger charge is 2.24. The summed E-state index contributed by atoms with van der Waals surface area (Å²) in [5, 5.41) is 0. The maximum atomic E-state index is 12.2. The summed E-state index contributed by atoms with van der Waals surface area (Å²) < 4.78 is 26.2. The van der Waals surface area contributed by atoms with E-state index in [2.05, 4.69) is 11.3 Å². The van der Waals surface area contributed by atoms with Gasteiger partial charge in [0.1, 0.15) is 0 Å². The van der Waals surface area contributed by atoms with Crippen molar-refractivity contribution in [2.75, 3.05) is 19.6 Å². The predicted octanol–water partition coefficient (Wildman–Crippen LogP) is 0.324. The lowest BCUT2D eigenvalue weighted by atomic mass is 10.2. The van der Waals surface area contributed by atoms with E-state index in [9.17, 15) is 13.2 Å². The molecule has 0 radical (unpaired) electrons. The minimum absolute atomic E-state index is 0.0247. The molecule has 1 heterocycles. The Labute approximate surface area is 124 Å². The molecular weight excluding hydrogens is 290 g/mol. The number of hydrogen-bond acceptors (Lipinski definition) is 4. The Balaban J connectivity index is 2.12. The molecule has 114 valence electrons. The molecular formula is C14H19N3O3S. The van der Waals surface area contributed by atoms with Gasteiger partial charge in [0, 0.05) is 31.2 Å². The van der Waals surface area contributed by atoms with Crippen molar-refractivity contribution >= 4 is 15.9 Å². The fourth-order valence-corrected chi connectivity index (χ4v) is 3.18. The van der Waals surface area contributed by atoms with Crippen molar-refractivity contribution in [2.24, 2.45) is 5.73 Å². The predicted molar refractivity (Wildman–Crippen MR) is 80.3 cm³/mol. The first-order valence-corrected chi connectivity index (χ1v) is 8.18. The molecule has 1 saturated heterocycles. The number of likely N-dealkylation sites (tertiary alicyclic amines) is 1. The van der Waals surface area contributed by atoms with Crippen molar-refractivity contribution in [2.45, 2.75) is 17.4 Å². The molecule has 3 N–H and O–H groups in total. The highest BCUT2D eigenvalue weighted by molar-refractivity contribution is 7.89. The smallest absolute Gasteiger partial charge is 0.253 e. The zero-order chi connectivity index (χ0) is 15.5. The van der Waals surface area contributed by atoms with Gasteiger partial charge >= 0.3 is 0 Å². The number of hydrogen-bond donors (Lipinski definition) is 2. The molecule has 0 unspecified atom stereocenters. The molecule has 0 saturated carbocycles. The van der Waals surface area contributed by atoms with Gasteiger partial charge in [0.15, 0.2) is 0 Å². The highest BCUT2D eigenvalue weighted by atomic mass is 32.2. The maximum Gasteiger partial charge on any atom is 0.253 e. The Morgan fingerprint density at radius 3 is 2.62 bits per heavy atom. The van der Waals surface area contributed by atoms with Crippen molar-refractivity contribution in [1.82, 2.24) is 9.62 Å². The van der Waals surface area contributed by atoms with Gasteiger partial charge in [-0.05, 0) is 30.7 Å². The molecule has 1 aliphatic heterocycles. The van der Waals surface area contributed by atoms with Crippen molar-refractivity contribution in [3.05, 3.63) is 42.5 Å². The molecule has 0 spiro atoms. The van der Waals surface area contributed by atoms with Gasteiger partial charge in [0.2, 0.25) is 10.0 Å². The van der Waals surface area contributed by atoms with E-state index in [-0.39, 0.29) is 23.4 Å². The maximum absolute atomic E-state index is 12.2. The average Bonchev–Trinajstić information content (AvgIpc) is 2.91. The molecule has 0 bridgehead atoms. The van der Waals surface area contributed by atoms with Crippen LogP contribution in [0.4, 0.5) is 0 Å². The Hall–Kier alpha value is -1.70. The van der Waals surface area contributed by atoms with Gasteiger partial charge in [-0.15, -0.1) is 6.58 Å². The minimum atomic E-state index is -3.56. The number of nitrogens with one attached hydrogen (secondary N) is 1. The first kappa shape index (κ1) is 15.7. The van der Waals surface area contributed by atoms with Crippen LogP contribution in [-0.4, -0.2) is 44.9 Å². The second kappa shape index (κ2) is 6.38. The quantitative estimate of drug-likeness (QED) is 0.766. The summed E-state index contributed by atoms with van der Waals surface area (Å²) in [6.07, 6.45) is 2.26. The summed E-state index contributed by atoms with van der Waals surface area (Å²) in [6.45, 7) is 4.80. The second-order valence-corrected chi connectivity index (χ2v) is 6.73. The first-order valence-electron chi connectivity index (χ1n) is 6.69. The van der Waals surface area contributed by atoms with Crippen molar-refractivity contribution in [1.29, 1.82) is 0 Å². The number of carbonyl (C=O) groups is 1. The fraction of sp³-hybridized carbons (Fsp3) is 0.357.